The van der Waals surface area contributed by atoms with Crippen LogP contribution in [0.5, 0.6) is 11.5 Å². The molecular formula is C13H12N2O6S. The van der Waals surface area contributed by atoms with Crippen molar-refractivity contribution in [3.05, 3.63) is 52.6 Å². The van der Waals surface area contributed by atoms with Crippen LogP contribution in [-0.2, 0) is 10.0 Å². The zero-order valence-electron chi connectivity index (χ0n) is 11.4. The van der Waals surface area contributed by atoms with Gasteiger partial charge in [0.2, 0.25) is 0 Å². The van der Waals surface area contributed by atoms with E-state index in [1.165, 1.54) is 31.4 Å². The lowest BCUT2D eigenvalue weighted by atomic mass is 10.2. The van der Waals surface area contributed by atoms with Crippen LogP contribution in [0.4, 0.5) is 11.4 Å². The maximum absolute atomic E-state index is 12.2. The number of nitrogens with zero attached hydrogens (tertiary/aromatic N) is 1. The first-order chi connectivity index (χ1) is 10.3. The molecule has 0 saturated heterocycles. The highest BCUT2D eigenvalue weighted by atomic mass is 32.2. The summed E-state index contributed by atoms with van der Waals surface area (Å²) in [6.45, 7) is 0. The number of phenols is 1. The molecule has 2 rings (SSSR count). The van der Waals surface area contributed by atoms with Gasteiger partial charge in [-0.05, 0) is 30.3 Å². The van der Waals surface area contributed by atoms with Crippen LogP contribution in [0.25, 0.3) is 0 Å². The van der Waals surface area contributed by atoms with Crippen molar-refractivity contribution in [1.82, 2.24) is 0 Å². The summed E-state index contributed by atoms with van der Waals surface area (Å²) in [6.07, 6.45) is 0. The molecular weight excluding hydrogens is 312 g/mol. The van der Waals surface area contributed by atoms with E-state index in [4.69, 9.17) is 4.74 Å². The van der Waals surface area contributed by atoms with Crippen LogP contribution in [0.1, 0.15) is 0 Å². The zero-order valence-corrected chi connectivity index (χ0v) is 12.2. The van der Waals surface area contributed by atoms with E-state index in [1.807, 2.05) is 0 Å². The Morgan fingerprint density at radius 1 is 1.18 bits per heavy atom. The van der Waals surface area contributed by atoms with Gasteiger partial charge in [0.15, 0.2) is 0 Å². The molecule has 0 aliphatic carbocycles. The lowest BCUT2D eigenvalue weighted by Gasteiger charge is -2.10. The Morgan fingerprint density at radius 3 is 2.36 bits per heavy atom. The Labute approximate surface area is 126 Å². The highest BCUT2D eigenvalue weighted by Gasteiger charge is 2.18. The van der Waals surface area contributed by atoms with Gasteiger partial charge >= 0.3 is 0 Å². The second-order valence-electron chi connectivity index (χ2n) is 4.24. The van der Waals surface area contributed by atoms with Crippen LogP contribution in [0, 0.1) is 10.1 Å². The molecule has 0 atom stereocenters. The summed E-state index contributed by atoms with van der Waals surface area (Å²) in [6, 6.07) is 8.61. The van der Waals surface area contributed by atoms with E-state index >= 15 is 0 Å². The molecule has 0 spiro atoms. The van der Waals surface area contributed by atoms with Crippen LogP contribution < -0.4 is 9.46 Å². The molecule has 0 radical (unpaired) electrons. The van der Waals surface area contributed by atoms with Crippen molar-refractivity contribution in [2.75, 3.05) is 11.8 Å². The number of anilines is 1. The maximum atomic E-state index is 12.2. The van der Waals surface area contributed by atoms with Crippen LogP contribution >= 0.6 is 0 Å². The van der Waals surface area contributed by atoms with E-state index in [0.29, 0.717) is 5.75 Å². The molecule has 0 unspecified atom stereocenters. The number of aromatic hydroxyl groups is 1. The fraction of sp³-hybridized carbons (Fsp3) is 0.0769. The first-order valence-electron chi connectivity index (χ1n) is 5.98. The summed E-state index contributed by atoms with van der Waals surface area (Å²) in [5.41, 5.74) is -0.616. The lowest BCUT2D eigenvalue weighted by molar-refractivity contribution is -0.384. The fourth-order valence-corrected chi connectivity index (χ4v) is 2.74. The summed E-state index contributed by atoms with van der Waals surface area (Å²) in [5, 5.41) is 20.3. The number of hydrogen-bond donors (Lipinski definition) is 2. The normalized spacial score (nSPS) is 11.0. The average Bonchev–Trinajstić information content (AvgIpc) is 2.49. The quantitative estimate of drug-likeness (QED) is 0.494. The highest BCUT2D eigenvalue weighted by Crippen LogP contribution is 2.30. The molecule has 0 fully saturated rings. The predicted molar refractivity (Wildman–Crippen MR) is 78.6 cm³/mol. The third-order valence-electron chi connectivity index (χ3n) is 2.81. The summed E-state index contributed by atoms with van der Waals surface area (Å²) < 4.78 is 31.4. The number of methoxy groups -OCH3 is 1. The van der Waals surface area contributed by atoms with Gasteiger partial charge in [0, 0.05) is 12.1 Å². The molecule has 8 nitrogen and oxygen atoms in total. The minimum atomic E-state index is -3.99. The Kier molecular flexibility index (Phi) is 4.18. The predicted octanol–water partition coefficient (Wildman–Crippen LogP) is 2.11. The van der Waals surface area contributed by atoms with Crippen LogP contribution in [-0.4, -0.2) is 25.6 Å². The van der Waals surface area contributed by atoms with Gasteiger partial charge in [0.1, 0.15) is 11.5 Å². The van der Waals surface area contributed by atoms with Gasteiger partial charge in [-0.3, -0.25) is 14.8 Å². The Hall–Kier alpha value is -2.81. The smallest absolute Gasteiger partial charge is 0.271 e. The third kappa shape index (κ3) is 3.26. The van der Waals surface area contributed by atoms with E-state index in [1.54, 1.807) is 0 Å². The number of phenolic OH excluding ortho intramolecular Hbond substituents is 1. The average molecular weight is 324 g/mol. The number of nitrogens with one attached hydrogen (secondary N) is 1. The first kappa shape index (κ1) is 15.6. The molecule has 0 heterocycles. The van der Waals surface area contributed by atoms with Crippen molar-refractivity contribution in [3.63, 3.8) is 0 Å². The van der Waals surface area contributed by atoms with Gasteiger partial charge in [-0.1, -0.05) is 0 Å². The van der Waals surface area contributed by atoms with Crippen LogP contribution in [0.2, 0.25) is 0 Å². The highest BCUT2D eigenvalue weighted by molar-refractivity contribution is 7.92. The maximum Gasteiger partial charge on any atom is 0.271 e. The first-order valence-corrected chi connectivity index (χ1v) is 7.46. The number of rotatable bonds is 5. The van der Waals surface area contributed by atoms with Crippen molar-refractivity contribution in [2.45, 2.75) is 4.90 Å². The Bertz CT molecular complexity index is 802. The minimum absolute atomic E-state index is 0.0702. The van der Waals surface area contributed by atoms with Crippen molar-refractivity contribution in [2.24, 2.45) is 0 Å². The third-order valence-corrected chi connectivity index (χ3v) is 4.19. The van der Waals surface area contributed by atoms with Crippen molar-refractivity contribution < 1.29 is 23.2 Å². The molecule has 116 valence electrons. The molecule has 9 heteroatoms. The number of nitro groups is 1. The summed E-state index contributed by atoms with van der Waals surface area (Å²) >= 11 is 0. The molecule has 0 amide bonds. The van der Waals surface area contributed by atoms with E-state index in [2.05, 4.69) is 4.72 Å². The van der Waals surface area contributed by atoms with Crippen molar-refractivity contribution in [1.29, 1.82) is 0 Å². The van der Waals surface area contributed by atoms with E-state index in [-0.39, 0.29) is 16.3 Å². The summed E-state index contributed by atoms with van der Waals surface area (Å²) in [4.78, 5) is 9.94. The largest absolute Gasteiger partial charge is 0.506 e. The van der Waals surface area contributed by atoms with Gasteiger partial charge in [-0.25, -0.2) is 8.42 Å². The Balaban J connectivity index is 2.35. The Morgan fingerprint density at radius 2 is 1.82 bits per heavy atom. The number of nitro benzene ring substituents is 1. The standard InChI is InChI=1S/C13H12N2O6S/c1-21-10-3-5-11(6-4-10)22(19,20)14-12-8-9(15(17)18)2-7-13(12)16/h2-8,14,16H,1H3. The SMILES string of the molecule is COc1ccc(S(=O)(=O)Nc2cc([N+](=O)[O-])ccc2O)cc1. The molecule has 0 saturated carbocycles. The number of non-ortho nitro benzene ring substituents is 1. The molecule has 0 aromatic heterocycles. The minimum Gasteiger partial charge on any atom is -0.506 e. The number of sulfonamides is 1. The summed E-state index contributed by atoms with van der Waals surface area (Å²) in [5.74, 6) is 0.0693. The molecule has 0 aliphatic rings. The van der Waals surface area contributed by atoms with Crippen LogP contribution in [0.3, 0.4) is 0 Å². The molecule has 2 aromatic carbocycles. The van der Waals surface area contributed by atoms with Gasteiger partial charge < -0.3 is 9.84 Å². The number of benzene rings is 2. The van der Waals surface area contributed by atoms with E-state index in [0.717, 1.165) is 18.2 Å². The molecule has 22 heavy (non-hydrogen) atoms. The van der Waals surface area contributed by atoms with Crippen molar-refractivity contribution in [3.8, 4) is 11.5 Å². The van der Waals surface area contributed by atoms with Crippen LogP contribution in [0.15, 0.2) is 47.4 Å². The number of ether oxygens (including phenoxy) is 1. The van der Waals surface area contributed by atoms with Gasteiger partial charge in [0.25, 0.3) is 15.7 Å². The monoisotopic (exact) mass is 324 g/mol. The van der Waals surface area contributed by atoms with Gasteiger partial charge in [0.05, 0.1) is 22.6 Å². The zero-order chi connectivity index (χ0) is 16.3. The lowest BCUT2D eigenvalue weighted by Crippen LogP contribution is -2.13. The second kappa shape index (κ2) is 5.90. The fourth-order valence-electron chi connectivity index (χ4n) is 1.68. The molecule has 2 N–H and O–H groups in total. The second-order valence-corrected chi connectivity index (χ2v) is 5.92. The van der Waals surface area contributed by atoms with Crippen molar-refractivity contribution >= 4 is 21.4 Å². The van der Waals surface area contributed by atoms with E-state index in [9.17, 15) is 23.6 Å². The molecule has 2 aromatic rings. The van der Waals surface area contributed by atoms with Gasteiger partial charge in [-0.15, -0.1) is 0 Å². The van der Waals surface area contributed by atoms with Gasteiger partial charge in [-0.2, -0.15) is 0 Å². The van der Waals surface area contributed by atoms with E-state index < -0.39 is 20.7 Å². The molecule has 0 bridgehead atoms. The molecule has 0 aliphatic heterocycles. The number of hydrogen-bond acceptors (Lipinski definition) is 6. The summed E-state index contributed by atoms with van der Waals surface area (Å²) in [7, 11) is -2.54. The topological polar surface area (TPSA) is 119 Å².